The smallest absolute Gasteiger partial charge is 0.270 e. The number of nitro groups is 1. The molecule has 9 heteroatoms. The molecule has 0 bridgehead atoms. The largest absolute Gasteiger partial charge is 0.497 e. The third-order valence-electron chi connectivity index (χ3n) is 4.80. The van der Waals surface area contributed by atoms with Crippen LogP contribution in [0.5, 0.6) is 5.75 Å². The van der Waals surface area contributed by atoms with Gasteiger partial charge in [0.2, 0.25) is 5.78 Å². The number of ketones is 1. The number of hydrogen-bond acceptors (Lipinski definition) is 6. The van der Waals surface area contributed by atoms with Crippen LogP contribution in [-0.4, -0.2) is 30.2 Å². The number of carbonyl (C=O) groups excluding carboxylic acids is 1. The Morgan fingerprint density at radius 2 is 1.71 bits per heavy atom. The van der Waals surface area contributed by atoms with Crippen LogP contribution < -0.4 is 4.74 Å². The van der Waals surface area contributed by atoms with Crippen molar-refractivity contribution in [3.05, 3.63) is 100 Å². The fourth-order valence-electron chi connectivity index (χ4n) is 3.32. The van der Waals surface area contributed by atoms with Gasteiger partial charge in [0.15, 0.2) is 0 Å². The number of non-ortho nitro benzene ring substituents is 1. The maximum absolute atomic E-state index is 13.5. The van der Waals surface area contributed by atoms with Gasteiger partial charge in [-0.2, -0.15) is 0 Å². The third kappa shape index (κ3) is 3.55. The van der Waals surface area contributed by atoms with Gasteiger partial charge in [0, 0.05) is 23.1 Å². The Balaban J connectivity index is 1.99. The van der Waals surface area contributed by atoms with Crippen LogP contribution in [0.15, 0.2) is 83.8 Å². The molecule has 0 radical (unpaired) electrons. The predicted molar refractivity (Wildman–Crippen MR) is 114 cm³/mol. The van der Waals surface area contributed by atoms with E-state index in [9.17, 15) is 23.3 Å². The minimum atomic E-state index is -4.13. The number of methoxy groups -OCH3 is 1. The highest BCUT2D eigenvalue weighted by Crippen LogP contribution is 2.30. The van der Waals surface area contributed by atoms with Gasteiger partial charge in [-0.3, -0.25) is 14.9 Å². The fourth-order valence-corrected chi connectivity index (χ4v) is 4.85. The Labute approximate surface area is 177 Å². The molecule has 1 heterocycles. The zero-order valence-corrected chi connectivity index (χ0v) is 17.1. The summed E-state index contributed by atoms with van der Waals surface area (Å²) in [4.78, 5) is 23.8. The van der Waals surface area contributed by atoms with Crippen molar-refractivity contribution in [1.29, 1.82) is 0 Å². The number of carbonyl (C=O) groups is 1. The van der Waals surface area contributed by atoms with E-state index in [0.29, 0.717) is 16.7 Å². The summed E-state index contributed by atoms with van der Waals surface area (Å²) < 4.78 is 33.1. The van der Waals surface area contributed by atoms with Gasteiger partial charge in [-0.15, -0.1) is 0 Å². The first kappa shape index (κ1) is 20.3. The maximum Gasteiger partial charge on any atom is 0.270 e. The van der Waals surface area contributed by atoms with Gasteiger partial charge in [0.25, 0.3) is 15.7 Å². The minimum Gasteiger partial charge on any atom is -0.497 e. The first-order valence-corrected chi connectivity index (χ1v) is 10.6. The molecule has 0 aliphatic heterocycles. The van der Waals surface area contributed by atoms with Crippen molar-refractivity contribution in [1.82, 2.24) is 3.97 Å². The van der Waals surface area contributed by atoms with E-state index < -0.39 is 20.7 Å². The predicted octanol–water partition coefficient (Wildman–Crippen LogP) is 4.03. The Morgan fingerprint density at radius 3 is 2.39 bits per heavy atom. The molecule has 0 spiro atoms. The molecule has 8 nitrogen and oxygen atoms in total. The molecule has 1 aromatic heterocycles. The van der Waals surface area contributed by atoms with Crippen LogP contribution in [0.1, 0.15) is 16.1 Å². The molecule has 0 fully saturated rings. The summed E-state index contributed by atoms with van der Waals surface area (Å²) in [6.07, 6.45) is 0. The molecule has 0 amide bonds. The second-order valence-electron chi connectivity index (χ2n) is 6.67. The van der Waals surface area contributed by atoms with Crippen molar-refractivity contribution in [2.24, 2.45) is 0 Å². The maximum atomic E-state index is 13.5. The first-order chi connectivity index (χ1) is 14.8. The SMILES string of the molecule is COc1ccc2c(c1)cc(C(=O)c1cccc([N+](=O)[O-])c1)n2S(=O)(=O)c1ccccc1. The van der Waals surface area contributed by atoms with E-state index in [4.69, 9.17) is 4.74 Å². The number of benzene rings is 3. The number of aromatic nitrogens is 1. The second-order valence-corrected chi connectivity index (χ2v) is 8.46. The highest BCUT2D eigenvalue weighted by molar-refractivity contribution is 7.90. The third-order valence-corrected chi connectivity index (χ3v) is 6.54. The summed E-state index contributed by atoms with van der Waals surface area (Å²) in [5.74, 6) is -0.158. The summed E-state index contributed by atoms with van der Waals surface area (Å²) in [6, 6.07) is 19.1. The van der Waals surface area contributed by atoms with Gasteiger partial charge >= 0.3 is 0 Å². The number of rotatable bonds is 6. The monoisotopic (exact) mass is 436 g/mol. The normalized spacial score (nSPS) is 11.4. The highest BCUT2D eigenvalue weighted by Gasteiger charge is 2.27. The summed E-state index contributed by atoms with van der Waals surface area (Å²) in [5, 5.41) is 11.6. The average molecular weight is 436 g/mol. The van der Waals surface area contributed by atoms with E-state index in [-0.39, 0.29) is 21.8 Å². The van der Waals surface area contributed by atoms with Crippen molar-refractivity contribution >= 4 is 32.4 Å². The number of nitrogens with zero attached hydrogens (tertiary/aromatic N) is 2. The number of ether oxygens (including phenoxy) is 1. The minimum absolute atomic E-state index is 0.00785. The molecular weight excluding hydrogens is 420 g/mol. The van der Waals surface area contributed by atoms with Gasteiger partial charge in [0.1, 0.15) is 11.4 Å². The van der Waals surface area contributed by atoms with Gasteiger partial charge < -0.3 is 4.74 Å². The van der Waals surface area contributed by atoms with E-state index in [0.717, 1.165) is 10.0 Å². The zero-order chi connectivity index (χ0) is 22.2. The Hall–Kier alpha value is -3.98. The van der Waals surface area contributed by atoms with E-state index in [2.05, 4.69) is 0 Å². The van der Waals surface area contributed by atoms with E-state index in [1.54, 1.807) is 36.4 Å². The molecule has 4 aromatic rings. The molecular formula is C22H16N2O6S. The standard InChI is InChI=1S/C22H16N2O6S/c1-30-18-10-11-20-16(13-18)14-21(22(25)15-6-5-7-17(12-15)24(26)27)23(20)31(28,29)19-8-3-2-4-9-19/h2-14H,1H3. The van der Waals surface area contributed by atoms with Crippen LogP contribution in [0.4, 0.5) is 5.69 Å². The van der Waals surface area contributed by atoms with Crippen molar-refractivity contribution in [2.75, 3.05) is 7.11 Å². The van der Waals surface area contributed by atoms with Gasteiger partial charge in [-0.1, -0.05) is 30.3 Å². The lowest BCUT2D eigenvalue weighted by Gasteiger charge is -2.12. The molecule has 4 rings (SSSR count). The fraction of sp³-hybridized carbons (Fsp3) is 0.0455. The van der Waals surface area contributed by atoms with E-state index in [1.807, 2.05) is 0 Å². The molecule has 0 atom stereocenters. The number of hydrogen-bond donors (Lipinski definition) is 0. The van der Waals surface area contributed by atoms with Crippen LogP contribution in [0.3, 0.4) is 0 Å². The van der Waals surface area contributed by atoms with Crippen LogP contribution in [0.25, 0.3) is 10.9 Å². The molecule has 31 heavy (non-hydrogen) atoms. The average Bonchev–Trinajstić information content (AvgIpc) is 3.18. The number of fused-ring (bicyclic) bond motifs is 1. The first-order valence-electron chi connectivity index (χ1n) is 9.12. The molecule has 156 valence electrons. The summed E-state index contributed by atoms with van der Waals surface area (Å²) >= 11 is 0. The molecule has 0 aliphatic carbocycles. The topological polar surface area (TPSA) is 109 Å². The zero-order valence-electron chi connectivity index (χ0n) is 16.3. The lowest BCUT2D eigenvalue weighted by molar-refractivity contribution is -0.384. The van der Waals surface area contributed by atoms with Crippen LogP contribution >= 0.6 is 0 Å². The molecule has 0 unspecified atom stereocenters. The lowest BCUT2D eigenvalue weighted by Crippen LogP contribution is -2.19. The Bertz CT molecular complexity index is 1430. The Kier molecular flexibility index (Phi) is 5.04. The lowest BCUT2D eigenvalue weighted by atomic mass is 10.1. The van der Waals surface area contributed by atoms with Crippen LogP contribution in [0.2, 0.25) is 0 Å². The molecule has 0 aliphatic rings. The second kappa shape index (κ2) is 7.69. The summed E-state index contributed by atoms with van der Waals surface area (Å²) in [7, 11) is -2.65. The van der Waals surface area contributed by atoms with Crippen molar-refractivity contribution in [3.8, 4) is 5.75 Å². The van der Waals surface area contributed by atoms with Gasteiger partial charge in [0.05, 0.1) is 22.4 Å². The van der Waals surface area contributed by atoms with Crippen LogP contribution in [-0.2, 0) is 10.0 Å². The van der Waals surface area contributed by atoms with E-state index >= 15 is 0 Å². The van der Waals surface area contributed by atoms with Crippen molar-refractivity contribution in [2.45, 2.75) is 4.90 Å². The van der Waals surface area contributed by atoms with Gasteiger partial charge in [-0.25, -0.2) is 12.4 Å². The quantitative estimate of drug-likeness (QED) is 0.257. The summed E-state index contributed by atoms with van der Waals surface area (Å²) in [5.41, 5.74) is -0.0967. The molecule has 0 N–H and O–H groups in total. The van der Waals surface area contributed by atoms with Gasteiger partial charge in [-0.05, 0) is 36.4 Å². The van der Waals surface area contributed by atoms with Crippen molar-refractivity contribution in [3.63, 3.8) is 0 Å². The summed E-state index contributed by atoms with van der Waals surface area (Å²) in [6.45, 7) is 0. The van der Waals surface area contributed by atoms with Crippen LogP contribution in [0, 0.1) is 10.1 Å². The molecule has 3 aromatic carbocycles. The molecule has 0 saturated heterocycles. The number of nitro benzene ring substituents is 1. The highest BCUT2D eigenvalue weighted by atomic mass is 32.2. The van der Waals surface area contributed by atoms with Crippen molar-refractivity contribution < 1.29 is 22.9 Å². The Morgan fingerprint density at radius 1 is 0.968 bits per heavy atom. The molecule has 0 saturated carbocycles. The van der Waals surface area contributed by atoms with E-state index in [1.165, 1.54) is 43.5 Å².